The number of carbonyl (C=O) groups excluding carboxylic acids is 1. The summed E-state index contributed by atoms with van der Waals surface area (Å²) in [5, 5.41) is 4.89. The number of benzene rings is 2. The van der Waals surface area contributed by atoms with Crippen molar-refractivity contribution in [3.63, 3.8) is 0 Å². The molecule has 0 radical (unpaired) electrons. The van der Waals surface area contributed by atoms with E-state index in [1.807, 2.05) is 30.3 Å². The van der Waals surface area contributed by atoms with Crippen molar-refractivity contribution in [3.8, 4) is 5.75 Å². The molecule has 0 saturated heterocycles. The van der Waals surface area contributed by atoms with E-state index < -0.39 is 0 Å². The highest BCUT2D eigenvalue weighted by atomic mass is 32.1. The predicted molar refractivity (Wildman–Crippen MR) is 99.1 cm³/mol. The Morgan fingerprint density at radius 3 is 2.88 bits per heavy atom. The minimum absolute atomic E-state index is 0.353. The fourth-order valence-electron chi connectivity index (χ4n) is 2.23. The number of fused-ring (bicyclic) bond motifs is 1. The number of hydrogen-bond acceptors (Lipinski definition) is 5. The molecule has 2 aromatic carbocycles. The van der Waals surface area contributed by atoms with Crippen LogP contribution in [0.15, 0.2) is 48.5 Å². The van der Waals surface area contributed by atoms with Crippen molar-refractivity contribution < 1.29 is 14.4 Å². The molecule has 0 aliphatic heterocycles. The summed E-state index contributed by atoms with van der Waals surface area (Å²) in [5.41, 5.74) is 1.67. The van der Waals surface area contributed by atoms with Crippen molar-refractivity contribution >= 4 is 33.3 Å². The first kappa shape index (κ1) is 17.2. The van der Waals surface area contributed by atoms with Crippen molar-refractivity contribution in [2.75, 3.05) is 26.1 Å². The molecule has 2 amide bonds. The van der Waals surface area contributed by atoms with Crippen LogP contribution in [0.2, 0.25) is 0 Å². The van der Waals surface area contributed by atoms with Crippen LogP contribution in [-0.4, -0.2) is 36.8 Å². The first-order chi connectivity index (χ1) is 12.2. The highest BCUT2D eigenvalue weighted by molar-refractivity contribution is 7.18. The van der Waals surface area contributed by atoms with Crippen LogP contribution in [0.5, 0.6) is 5.75 Å². The topological polar surface area (TPSA) is 63.7 Å². The number of hydroxylamine groups is 2. The smallest absolute Gasteiger partial charge is 0.345 e. The van der Waals surface area contributed by atoms with Crippen LogP contribution in [0.25, 0.3) is 10.2 Å². The molecular weight excluding hydrogens is 338 g/mol. The number of amides is 2. The molecule has 1 N–H and O–H groups in total. The lowest BCUT2D eigenvalue weighted by atomic mass is 10.3. The van der Waals surface area contributed by atoms with Crippen LogP contribution in [-0.2, 0) is 11.3 Å². The van der Waals surface area contributed by atoms with E-state index in [2.05, 4.69) is 16.4 Å². The Bertz CT molecular complexity index is 832. The van der Waals surface area contributed by atoms with E-state index in [0.717, 1.165) is 22.0 Å². The Hall–Kier alpha value is -2.64. The first-order valence-corrected chi connectivity index (χ1v) is 8.63. The Labute approximate surface area is 150 Å². The lowest BCUT2D eigenvalue weighted by Gasteiger charge is -2.15. The van der Waals surface area contributed by atoms with Crippen LogP contribution in [0, 0.1) is 0 Å². The zero-order valence-electron chi connectivity index (χ0n) is 14.1. The summed E-state index contributed by atoms with van der Waals surface area (Å²) in [5.74, 6) is 0.694. The fourth-order valence-corrected chi connectivity index (χ4v) is 3.18. The van der Waals surface area contributed by atoms with Crippen LogP contribution >= 0.6 is 11.3 Å². The predicted octanol–water partition coefficient (Wildman–Crippen LogP) is 3.94. The second-order valence-corrected chi connectivity index (χ2v) is 6.43. The Morgan fingerprint density at radius 1 is 1.24 bits per heavy atom. The lowest BCUT2D eigenvalue weighted by Crippen LogP contribution is -2.30. The monoisotopic (exact) mass is 357 g/mol. The average Bonchev–Trinajstić information content (AvgIpc) is 3.04. The zero-order chi connectivity index (χ0) is 17.6. The molecule has 0 atom stereocenters. The molecule has 7 heteroatoms. The maximum atomic E-state index is 11.8. The van der Waals surface area contributed by atoms with Gasteiger partial charge in [-0.2, -0.15) is 0 Å². The summed E-state index contributed by atoms with van der Waals surface area (Å²) in [7, 11) is 2.97. The molecule has 1 aromatic heterocycles. The van der Waals surface area contributed by atoms with Gasteiger partial charge in [-0.05, 0) is 24.3 Å². The lowest BCUT2D eigenvalue weighted by molar-refractivity contribution is -0.0598. The van der Waals surface area contributed by atoms with Gasteiger partial charge in [-0.3, -0.25) is 4.84 Å². The minimum Gasteiger partial charge on any atom is -0.493 e. The minimum atomic E-state index is -0.353. The van der Waals surface area contributed by atoms with Gasteiger partial charge < -0.3 is 10.1 Å². The fraction of sp³-hybridized carbons (Fsp3) is 0.222. The average molecular weight is 357 g/mol. The van der Waals surface area contributed by atoms with Crippen LogP contribution in [0.1, 0.15) is 5.01 Å². The van der Waals surface area contributed by atoms with Crippen molar-refractivity contribution in [2.24, 2.45) is 0 Å². The molecule has 3 aromatic rings. The van der Waals surface area contributed by atoms with Gasteiger partial charge in [-0.25, -0.2) is 14.8 Å². The highest BCUT2D eigenvalue weighted by Crippen LogP contribution is 2.22. The zero-order valence-corrected chi connectivity index (χ0v) is 14.9. The van der Waals surface area contributed by atoms with Gasteiger partial charge in [0.25, 0.3) is 0 Å². The second-order valence-electron chi connectivity index (χ2n) is 5.31. The molecule has 0 spiro atoms. The summed E-state index contributed by atoms with van der Waals surface area (Å²) in [6, 6.07) is 15.0. The number of para-hydroxylation sites is 1. The molecular formula is C18H19N3O3S. The van der Waals surface area contributed by atoms with E-state index in [0.29, 0.717) is 18.0 Å². The molecule has 0 fully saturated rings. The van der Waals surface area contributed by atoms with Gasteiger partial charge in [-0.15, -0.1) is 11.3 Å². The third-order valence-corrected chi connectivity index (χ3v) is 4.66. The van der Waals surface area contributed by atoms with Gasteiger partial charge in [0, 0.05) is 25.2 Å². The van der Waals surface area contributed by atoms with Gasteiger partial charge in [-0.1, -0.05) is 18.2 Å². The van der Waals surface area contributed by atoms with Crippen molar-refractivity contribution in [1.82, 2.24) is 10.0 Å². The molecule has 0 bridgehead atoms. The van der Waals surface area contributed by atoms with E-state index >= 15 is 0 Å². The van der Waals surface area contributed by atoms with Crippen LogP contribution in [0.3, 0.4) is 0 Å². The van der Waals surface area contributed by atoms with E-state index in [9.17, 15) is 4.79 Å². The van der Waals surface area contributed by atoms with Crippen molar-refractivity contribution in [3.05, 3.63) is 53.5 Å². The van der Waals surface area contributed by atoms with Crippen LogP contribution in [0.4, 0.5) is 10.5 Å². The van der Waals surface area contributed by atoms with Gasteiger partial charge in [0.05, 0.1) is 28.9 Å². The van der Waals surface area contributed by atoms with Crippen molar-refractivity contribution in [2.45, 2.75) is 6.42 Å². The van der Waals surface area contributed by atoms with Crippen molar-refractivity contribution in [1.29, 1.82) is 0 Å². The number of carbonyl (C=O) groups is 1. The van der Waals surface area contributed by atoms with E-state index in [4.69, 9.17) is 9.57 Å². The summed E-state index contributed by atoms with van der Waals surface area (Å²) in [6.45, 7) is 0.523. The number of aromatic nitrogens is 1. The third-order valence-electron chi connectivity index (χ3n) is 3.57. The van der Waals surface area contributed by atoms with E-state index in [-0.39, 0.29) is 6.03 Å². The van der Waals surface area contributed by atoms with Gasteiger partial charge >= 0.3 is 6.03 Å². The normalized spacial score (nSPS) is 10.6. The highest BCUT2D eigenvalue weighted by Gasteiger charge is 2.08. The van der Waals surface area contributed by atoms with E-state index in [1.54, 1.807) is 23.5 Å². The SMILES string of the molecule is CON(C)C(=O)Nc1cccc(OCCc2nc3ccccc3s2)c1. The number of nitrogens with one attached hydrogen (secondary N) is 1. The largest absolute Gasteiger partial charge is 0.493 e. The molecule has 3 rings (SSSR count). The third kappa shape index (κ3) is 4.46. The summed E-state index contributed by atoms with van der Waals surface area (Å²) >= 11 is 1.68. The molecule has 6 nitrogen and oxygen atoms in total. The van der Waals surface area contributed by atoms with Crippen LogP contribution < -0.4 is 10.1 Å². The number of thiazole rings is 1. The summed E-state index contributed by atoms with van der Waals surface area (Å²) in [4.78, 5) is 21.2. The standard InChI is InChI=1S/C18H19N3O3S/c1-21(23-2)18(22)19-13-6-5-7-14(12-13)24-11-10-17-20-15-8-3-4-9-16(15)25-17/h3-9,12H,10-11H2,1-2H3,(H,19,22). The molecule has 0 aliphatic rings. The molecule has 0 aliphatic carbocycles. The molecule has 130 valence electrons. The molecule has 25 heavy (non-hydrogen) atoms. The second kappa shape index (κ2) is 7.96. The summed E-state index contributed by atoms with van der Waals surface area (Å²) in [6.07, 6.45) is 0.738. The number of ether oxygens (including phenoxy) is 1. The Balaban J connectivity index is 1.56. The number of hydrogen-bond donors (Lipinski definition) is 1. The summed E-state index contributed by atoms with van der Waals surface area (Å²) < 4.78 is 6.97. The van der Waals surface area contributed by atoms with Gasteiger partial charge in [0.2, 0.25) is 0 Å². The molecule has 0 unspecified atom stereocenters. The molecule has 0 saturated carbocycles. The maximum absolute atomic E-state index is 11.8. The van der Waals surface area contributed by atoms with Gasteiger partial charge in [0.1, 0.15) is 5.75 Å². The van der Waals surface area contributed by atoms with Gasteiger partial charge in [0.15, 0.2) is 0 Å². The number of urea groups is 1. The number of anilines is 1. The first-order valence-electron chi connectivity index (χ1n) is 7.82. The quantitative estimate of drug-likeness (QED) is 0.679. The number of rotatable bonds is 6. The Morgan fingerprint density at radius 2 is 2.08 bits per heavy atom. The molecule has 1 heterocycles. The van der Waals surface area contributed by atoms with E-state index in [1.165, 1.54) is 18.9 Å². The number of nitrogens with zero attached hydrogens (tertiary/aromatic N) is 2. The Kier molecular flexibility index (Phi) is 5.47. The maximum Gasteiger partial charge on any atom is 0.345 e.